The highest BCUT2D eigenvalue weighted by atomic mass is 127. The van der Waals surface area contributed by atoms with Gasteiger partial charge in [-0.25, -0.2) is 4.98 Å². The molecule has 0 spiro atoms. The molecule has 0 aliphatic carbocycles. The minimum atomic E-state index is -1.03. The Morgan fingerprint density at radius 3 is 2.70 bits per heavy atom. The van der Waals surface area contributed by atoms with Crippen LogP contribution in [0, 0.1) is 3.70 Å². The fourth-order valence-corrected chi connectivity index (χ4v) is 2.98. The second kappa shape index (κ2) is 6.82. The van der Waals surface area contributed by atoms with Crippen LogP contribution in [-0.2, 0) is 11.5 Å². The van der Waals surface area contributed by atoms with Gasteiger partial charge in [0.1, 0.15) is 16.1 Å². The molecular weight excluding hydrogens is 381 g/mol. The molecule has 0 aliphatic rings. The van der Waals surface area contributed by atoms with Gasteiger partial charge in [-0.05, 0) is 40.8 Å². The first-order valence-corrected chi connectivity index (χ1v) is 11.5. The molecule has 0 aromatic carbocycles. The normalized spacial score (nSPS) is 11.8. The van der Waals surface area contributed by atoms with Gasteiger partial charge in [0.25, 0.3) is 0 Å². The predicted octanol–water partition coefficient (Wildman–Crippen LogP) is 3.86. The van der Waals surface area contributed by atoms with Crippen molar-refractivity contribution in [2.24, 2.45) is 0 Å². The van der Waals surface area contributed by atoms with Gasteiger partial charge in [-0.3, -0.25) is 9.55 Å². The summed E-state index contributed by atoms with van der Waals surface area (Å²) in [7, 11) is -1.03. The third kappa shape index (κ3) is 4.39. The fraction of sp³-hybridized carbons (Fsp3) is 0.429. The molecule has 0 atom stereocenters. The number of aromatic nitrogens is 3. The summed E-state index contributed by atoms with van der Waals surface area (Å²) in [5.74, 6) is 0.864. The Kier molecular flexibility index (Phi) is 5.33. The average Bonchev–Trinajstić information content (AvgIpc) is 2.76. The first kappa shape index (κ1) is 15.7. The lowest BCUT2D eigenvalue weighted by Crippen LogP contribution is -2.22. The van der Waals surface area contributed by atoms with Crippen LogP contribution >= 0.6 is 22.6 Å². The standard InChI is InChI=1S/C14H20IN3OSi/c1-20(2,3)9-8-19-11-18-13(15)10-17-14(18)12-6-4-5-7-16-12/h4-7,10H,8-9,11H2,1-3H3. The van der Waals surface area contributed by atoms with E-state index in [1.54, 1.807) is 6.20 Å². The van der Waals surface area contributed by atoms with Crippen molar-refractivity contribution in [3.63, 3.8) is 0 Å². The number of nitrogens with zero attached hydrogens (tertiary/aromatic N) is 3. The Morgan fingerprint density at radius 1 is 1.25 bits per heavy atom. The topological polar surface area (TPSA) is 39.9 Å². The molecule has 0 N–H and O–H groups in total. The molecule has 2 heterocycles. The Hall–Kier alpha value is -0.733. The Labute approximate surface area is 134 Å². The summed E-state index contributed by atoms with van der Waals surface area (Å²) in [5.41, 5.74) is 0.879. The van der Waals surface area contributed by atoms with Gasteiger partial charge in [0.15, 0.2) is 5.82 Å². The quantitative estimate of drug-likeness (QED) is 0.419. The van der Waals surface area contributed by atoms with Crippen molar-refractivity contribution in [1.82, 2.24) is 14.5 Å². The summed E-state index contributed by atoms with van der Waals surface area (Å²) >= 11 is 2.28. The third-order valence-electron chi connectivity index (χ3n) is 2.92. The highest BCUT2D eigenvalue weighted by Gasteiger charge is 2.14. The zero-order valence-corrected chi connectivity index (χ0v) is 15.3. The first-order valence-electron chi connectivity index (χ1n) is 6.67. The lowest BCUT2D eigenvalue weighted by Gasteiger charge is -2.16. The lowest BCUT2D eigenvalue weighted by atomic mass is 10.3. The fourth-order valence-electron chi connectivity index (χ4n) is 1.71. The van der Waals surface area contributed by atoms with Crippen LogP contribution in [0.1, 0.15) is 0 Å². The zero-order valence-electron chi connectivity index (χ0n) is 12.1. The number of rotatable bonds is 6. The van der Waals surface area contributed by atoms with Crippen LogP contribution in [-0.4, -0.2) is 29.2 Å². The van der Waals surface area contributed by atoms with Gasteiger partial charge in [0, 0.05) is 20.9 Å². The molecule has 0 unspecified atom stereocenters. The van der Waals surface area contributed by atoms with Gasteiger partial charge in [0.05, 0.1) is 6.20 Å². The van der Waals surface area contributed by atoms with Gasteiger partial charge in [-0.15, -0.1) is 0 Å². The van der Waals surface area contributed by atoms with Crippen molar-refractivity contribution in [2.45, 2.75) is 32.4 Å². The summed E-state index contributed by atoms with van der Waals surface area (Å²) in [6.07, 6.45) is 3.64. The molecule has 2 rings (SSSR count). The molecule has 0 aliphatic heterocycles. The Bertz CT molecular complexity index is 551. The van der Waals surface area contributed by atoms with E-state index in [1.807, 2.05) is 24.4 Å². The molecule has 6 heteroatoms. The van der Waals surface area contributed by atoms with Crippen LogP contribution in [0.3, 0.4) is 0 Å². The number of halogens is 1. The number of pyridine rings is 1. The maximum Gasteiger partial charge on any atom is 0.161 e. The predicted molar refractivity (Wildman–Crippen MR) is 92.3 cm³/mol. The van der Waals surface area contributed by atoms with Crippen molar-refractivity contribution in [1.29, 1.82) is 0 Å². The summed E-state index contributed by atoms with van der Waals surface area (Å²) < 4.78 is 8.95. The molecule has 108 valence electrons. The number of ether oxygens (including phenoxy) is 1. The maximum absolute atomic E-state index is 5.82. The molecule has 2 aromatic heterocycles. The van der Waals surface area contributed by atoms with E-state index in [1.165, 1.54) is 6.04 Å². The molecular formula is C14H20IN3OSi. The molecule has 0 saturated heterocycles. The molecule has 20 heavy (non-hydrogen) atoms. The smallest absolute Gasteiger partial charge is 0.161 e. The molecule has 0 saturated carbocycles. The van der Waals surface area contributed by atoms with Crippen LogP contribution < -0.4 is 0 Å². The van der Waals surface area contributed by atoms with Crippen LogP contribution in [0.15, 0.2) is 30.6 Å². The van der Waals surface area contributed by atoms with Crippen LogP contribution in [0.5, 0.6) is 0 Å². The minimum Gasteiger partial charge on any atom is -0.361 e. The summed E-state index contributed by atoms with van der Waals surface area (Å²) in [5, 5.41) is 0. The van der Waals surface area contributed by atoms with E-state index in [0.717, 1.165) is 21.8 Å². The molecule has 0 radical (unpaired) electrons. The molecule has 4 nitrogen and oxygen atoms in total. The van der Waals surface area contributed by atoms with Crippen molar-refractivity contribution < 1.29 is 4.74 Å². The molecule has 0 bridgehead atoms. The van der Waals surface area contributed by atoms with Crippen molar-refractivity contribution in [3.8, 4) is 11.5 Å². The Morgan fingerprint density at radius 2 is 2.05 bits per heavy atom. The number of imidazole rings is 1. The van der Waals surface area contributed by atoms with Gasteiger partial charge in [0.2, 0.25) is 0 Å². The van der Waals surface area contributed by atoms with Gasteiger partial charge in [-0.1, -0.05) is 25.7 Å². The third-order valence-corrected chi connectivity index (χ3v) is 5.48. The largest absolute Gasteiger partial charge is 0.361 e. The molecule has 2 aromatic rings. The van der Waals surface area contributed by atoms with Gasteiger partial charge < -0.3 is 4.74 Å². The first-order chi connectivity index (χ1) is 9.47. The van der Waals surface area contributed by atoms with Crippen LogP contribution in [0.25, 0.3) is 11.5 Å². The van der Waals surface area contributed by atoms with E-state index < -0.39 is 8.07 Å². The van der Waals surface area contributed by atoms with Gasteiger partial charge >= 0.3 is 0 Å². The second-order valence-corrected chi connectivity index (χ2v) is 12.6. The minimum absolute atomic E-state index is 0.536. The second-order valence-electron chi connectivity index (χ2n) is 5.90. The van der Waals surface area contributed by atoms with E-state index in [-0.39, 0.29) is 0 Å². The molecule has 0 fully saturated rings. The zero-order chi connectivity index (χ0) is 14.6. The van der Waals surface area contributed by atoms with Gasteiger partial charge in [-0.2, -0.15) is 0 Å². The van der Waals surface area contributed by atoms with Crippen LogP contribution in [0.2, 0.25) is 25.7 Å². The molecule has 0 amide bonds. The van der Waals surface area contributed by atoms with Crippen LogP contribution in [0.4, 0.5) is 0 Å². The summed E-state index contributed by atoms with van der Waals surface area (Å²) in [6.45, 7) is 8.42. The van der Waals surface area contributed by atoms with E-state index >= 15 is 0 Å². The van der Waals surface area contributed by atoms with Crippen molar-refractivity contribution >= 4 is 30.7 Å². The number of hydrogen-bond acceptors (Lipinski definition) is 3. The Balaban J connectivity index is 2.03. The highest BCUT2D eigenvalue weighted by molar-refractivity contribution is 14.1. The number of hydrogen-bond donors (Lipinski definition) is 0. The van der Waals surface area contributed by atoms with Crippen molar-refractivity contribution in [2.75, 3.05) is 6.61 Å². The summed E-state index contributed by atoms with van der Waals surface area (Å²) in [6, 6.07) is 7.03. The van der Waals surface area contributed by atoms with E-state index in [9.17, 15) is 0 Å². The monoisotopic (exact) mass is 401 g/mol. The van der Waals surface area contributed by atoms with E-state index in [0.29, 0.717) is 6.73 Å². The summed E-state index contributed by atoms with van der Waals surface area (Å²) in [4.78, 5) is 8.79. The highest BCUT2D eigenvalue weighted by Crippen LogP contribution is 2.19. The van der Waals surface area contributed by atoms with E-state index in [2.05, 4.69) is 56.8 Å². The lowest BCUT2D eigenvalue weighted by molar-refractivity contribution is 0.0866. The maximum atomic E-state index is 5.82. The van der Waals surface area contributed by atoms with E-state index in [4.69, 9.17) is 4.74 Å². The van der Waals surface area contributed by atoms with Crippen molar-refractivity contribution in [3.05, 3.63) is 34.3 Å². The SMILES string of the molecule is C[Si](C)(C)CCOCn1c(I)cnc1-c1ccccn1. The average molecular weight is 401 g/mol.